The van der Waals surface area contributed by atoms with Gasteiger partial charge >= 0.3 is 95.5 Å². The van der Waals surface area contributed by atoms with Crippen LogP contribution in [0.25, 0.3) is 43.1 Å². The van der Waals surface area contributed by atoms with E-state index in [-0.39, 0.29) is 85.4 Å². The van der Waals surface area contributed by atoms with E-state index >= 15 is 19.2 Å². The highest BCUT2D eigenvalue weighted by molar-refractivity contribution is 6.56. The van der Waals surface area contributed by atoms with E-state index in [0.29, 0.717) is 9.80 Å². The van der Waals surface area contributed by atoms with Crippen LogP contribution in [0.4, 0.5) is 0 Å². The average Bonchev–Trinajstić information content (AvgIpc) is 0.674. The minimum Gasteiger partial charge on any atom is -0.463 e. The topological polar surface area (TPSA) is 496 Å². The Morgan fingerprint density at radius 3 is 0.565 bits per heavy atom. The van der Waals surface area contributed by atoms with Crippen molar-refractivity contribution in [1.29, 1.82) is 0 Å². The highest BCUT2D eigenvalue weighted by Gasteiger charge is 2.45. The van der Waals surface area contributed by atoms with E-state index in [4.69, 9.17) is 122 Å². The molecule has 0 N–H and O–H groups in total. The Morgan fingerprint density at radius 1 is 0.242 bits per heavy atom. The number of benzene rings is 5. The molecule has 0 saturated heterocycles. The van der Waals surface area contributed by atoms with Gasteiger partial charge in [-0.2, -0.15) is 0 Å². The van der Waals surface area contributed by atoms with Gasteiger partial charge in [-0.15, -0.1) is 0 Å². The van der Waals surface area contributed by atoms with Crippen molar-refractivity contribution < 1.29 is 172 Å². The second-order valence-corrected chi connectivity index (χ2v) is 27.4. The summed E-state index contributed by atoms with van der Waals surface area (Å²) in [5.41, 5.74) is -1.50. The maximum absolute atomic E-state index is 15.4. The smallest absolute Gasteiger partial charge is 0.330 e. The molecule has 656 valence electrons. The largest absolute Gasteiger partial charge is 0.463 e. The Balaban J connectivity index is 1.23. The zero-order valence-corrected chi connectivity index (χ0v) is 68.3. The quantitative estimate of drug-likeness (QED) is 0.00939. The Hall–Kier alpha value is -13.7. The summed E-state index contributed by atoms with van der Waals surface area (Å²) >= 11 is 29.2. The van der Waals surface area contributed by atoms with E-state index in [2.05, 4.69) is 52.6 Å². The average molecular weight is 1810 g/mol. The molecule has 5 aromatic rings. The van der Waals surface area contributed by atoms with Gasteiger partial charge in [-0.3, -0.25) is 67.3 Å². The molecule has 0 aliphatic carbocycles. The fraction of sp³-hybridized carbons (Fsp3) is 0.317. The highest BCUT2D eigenvalue weighted by atomic mass is 35.5. The minimum atomic E-state index is -1.83. The van der Waals surface area contributed by atoms with Gasteiger partial charge in [0.05, 0.1) is 73.6 Å². The van der Waals surface area contributed by atoms with Crippen LogP contribution in [0.3, 0.4) is 0 Å². The molecule has 7 rings (SSSR count). The molecule has 42 heteroatoms. The van der Waals surface area contributed by atoms with E-state index in [0.717, 1.165) is 72.9 Å². The second-order valence-electron chi connectivity index (χ2n) is 25.7. The normalized spacial score (nSPS) is 12.0. The first kappa shape index (κ1) is 97.4. The van der Waals surface area contributed by atoms with Gasteiger partial charge in [-0.25, -0.2) is 38.4 Å². The third-order valence-electron chi connectivity index (χ3n) is 17.3. The lowest BCUT2D eigenvalue weighted by Gasteiger charge is -2.35. The molecule has 0 atom stereocenters. The van der Waals surface area contributed by atoms with Crippen LogP contribution in [0.15, 0.2) is 126 Å². The number of ether oxygens (including phenoxy) is 16. The highest BCUT2D eigenvalue weighted by Crippen LogP contribution is 2.54. The molecular weight excluding hydrogens is 1730 g/mol. The molecule has 0 fully saturated rings. The molecule has 2 aliphatic rings. The van der Waals surface area contributed by atoms with Crippen molar-refractivity contribution in [2.75, 3.05) is 79.3 Å². The number of imide groups is 2. The molecule has 0 bridgehead atoms. The van der Waals surface area contributed by atoms with Crippen LogP contribution >= 0.6 is 46.4 Å². The maximum Gasteiger partial charge on any atom is 0.330 e. The summed E-state index contributed by atoms with van der Waals surface area (Å²) in [5, 5.41) is -2.05. The van der Waals surface area contributed by atoms with Crippen LogP contribution in [-0.4, -0.2) is 245 Å². The van der Waals surface area contributed by atoms with Crippen LogP contribution in [0.5, 0.6) is 0 Å². The van der Waals surface area contributed by atoms with Crippen molar-refractivity contribution in [3.05, 3.63) is 168 Å². The number of rotatable bonds is 50. The van der Waals surface area contributed by atoms with E-state index in [1.165, 1.54) is 0 Å². The molecule has 0 saturated carbocycles. The number of hydrogen-bond donors (Lipinski definition) is 0. The fourth-order valence-corrected chi connectivity index (χ4v) is 12.9. The third-order valence-corrected chi connectivity index (χ3v) is 18.5. The number of carbonyl (C=O) groups is 20. The van der Waals surface area contributed by atoms with Crippen LogP contribution in [0.1, 0.15) is 92.8 Å². The number of nitrogens with zero attached hydrogens (tertiary/aromatic N) is 2. The van der Waals surface area contributed by atoms with E-state index < -0.39 is 286 Å². The lowest BCUT2D eigenvalue weighted by atomic mass is 9.81. The summed E-state index contributed by atoms with van der Waals surface area (Å²) in [7, 11) is 0. The molecule has 0 radical (unpaired) electrons. The van der Waals surface area contributed by atoms with Gasteiger partial charge < -0.3 is 75.8 Å². The summed E-state index contributed by atoms with van der Waals surface area (Å²) in [5.74, 6) is -21.7. The molecule has 5 aromatic carbocycles. The summed E-state index contributed by atoms with van der Waals surface area (Å²) in [6.07, 6.45) is -5.49. The molecule has 4 amide bonds. The van der Waals surface area contributed by atoms with Gasteiger partial charge in [0.15, 0.2) is 24.4 Å². The van der Waals surface area contributed by atoms with E-state index in [9.17, 15) is 76.7 Å². The molecule has 0 aromatic heterocycles. The summed E-state index contributed by atoms with van der Waals surface area (Å²) in [6, 6.07) is 0.761. The number of fused-ring (bicyclic) bond motifs is 2. The minimum absolute atomic E-state index is 0.0649. The molecule has 38 nitrogen and oxygen atoms in total. The maximum atomic E-state index is 15.4. The molecule has 0 unspecified atom stereocenters. The molecule has 2 aliphatic heterocycles. The number of halogens is 4. The predicted molar refractivity (Wildman–Crippen MR) is 426 cm³/mol. The van der Waals surface area contributed by atoms with Crippen LogP contribution < -0.4 is 0 Å². The van der Waals surface area contributed by atoms with Crippen LogP contribution in [0, 0.1) is 0 Å². The number of amides is 4. The first-order valence-corrected chi connectivity index (χ1v) is 38.0. The monoisotopic (exact) mass is 1800 g/mol. The van der Waals surface area contributed by atoms with Gasteiger partial charge in [-0.1, -0.05) is 99.0 Å². The first-order chi connectivity index (χ1) is 59.0. The van der Waals surface area contributed by atoms with Crippen molar-refractivity contribution in [1.82, 2.24) is 9.80 Å². The summed E-state index contributed by atoms with van der Waals surface area (Å²) in [6.45, 7) is 16.9. The van der Waals surface area contributed by atoms with Gasteiger partial charge in [0.2, 0.25) is 0 Å². The molecule has 0 spiro atoms. The summed E-state index contributed by atoms with van der Waals surface area (Å²) < 4.78 is 82.4. The third kappa shape index (κ3) is 26.2. The van der Waals surface area contributed by atoms with Gasteiger partial charge in [0.25, 0.3) is 23.6 Å². The van der Waals surface area contributed by atoms with E-state index in [1.54, 1.807) is 0 Å². The SMILES string of the molecule is C=CC(=O)OCC(COC(=O)C=C)OC(=O)CCC(=O)OCC(COC(=O)CCC(=O)OC(COC(=O)C=C)COC(=O)C=C)N1C(=O)c2cc(Cl)c3c4c(Cl)cc5c6c(cc(Cl)c(c7c(Cl)cc(c2c37)C1=O)c64)C(=O)N(C(COC(=O)CCC(=O)OC(COC(=O)C=C)COC(=O)C=C)COC(=O)CCC(=O)OC(COC(=O)C=C)COC(=O)C=C)C5=O. The standard InChI is InChI=1S/C82H74Cl4N2O36/c1-9-55(89)113-33-43(34-114-56(90)10-2)121-67(101)21-17-63(97)109-29-41(30-110-64(98)18-22-68(102)122-44(35-115-57(91)11-3)36-116-58(92)12-4)87-79(105)47-25-51(83)73-75-53(85)27-49-72-50(28-54(86)76(78(72)75)74-52(84)26-48(80(87)106)71(47)77(73)74)82(108)88(81(49)107)42(31-111-65(99)19-23-69(103)123-45(37-117-59(93)13-5)38-118-60(94)14-6)32-112-66(100)20-24-70(104)124-46(39-119-61(95)15-7)40-120-62(96)16-8/h9-16,25-28,41-46H,1-8,17-24,29-40H2. The molecule has 124 heavy (non-hydrogen) atoms. The Kier molecular flexibility index (Phi) is 36.4. The van der Waals surface area contributed by atoms with Gasteiger partial charge in [0.1, 0.15) is 91.4 Å². The zero-order valence-electron chi connectivity index (χ0n) is 65.3. The first-order valence-electron chi connectivity index (χ1n) is 36.5. The Labute approximate surface area is 721 Å². The Morgan fingerprint density at radius 2 is 0.403 bits per heavy atom. The van der Waals surface area contributed by atoms with Crippen LogP contribution in [-0.2, 0) is 153 Å². The zero-order chi connectivity index (χ0) is 91.3. The van der Waals surface area contributed by atoms with Gasteiger partial charge in [-0.05, 0) is 24.3 Å². The van der Waals surface area contributed by atoms with E-state index in [1.807, 2.05) is 0 Å². The fourth-order valence-electron chi connectivity index (χ4n) is 11.7. The van der Waals surface area contributed by atoms with Crippen molar-refractivity contribution in [3.8, 4) is 0 Å². The van der Waals surface area contributed by atoms with Crippen LogP contribution in [0.2, 0.25) is 20.1 Å². The summed E-state index contributed by atoms with van der Waals surface area (Å²) in [4.78, 5) is 264. The van der Waals surface area contributed by atoms with Crippen molar-refractivity contribution in [3.63, 3.8) is 0 Å². The van der Waals surface area contributed by atoms with Crippen molar-refractivity contribution in [2.45, 2.75) is 87.9 Å². The number of hydrogen-bond acceptors (Lipinski definition) is 36. The predicted octanol–water partition coefficient (Wildman–Crippen LogP) is 7.05. The second kappa shape index (κ2) is 46.3. The lowest BCUT2D eigenvalue weighted by molar-refractivity contribution is -0.165. The van der Waals surface area contributed by atoms with Crippen molar-refractivity contribution in [2.24, 2.45) is 0 Å². The van der Waals surface area contributed by atoms with Gasteiger partial charge in [0, 0.05) is 112 Å². The Bertz CT molecular complexity index is 4520. The van der Waals surface area contributed by atoms with Crippen molar-refractivity contribution >= 4 is 209 Å². The number of esters is 16. The number of carbonyl (C=O) groups excluding carboxylic acids is 20. The lowest BCUT2D eigenvalue weighted by Crippen LogP contribution is -2.51. The molecule has 2 heterocycles. The molecular formula is C82H74Cl4N2O36.